The number of anilines is 1. The van der Waals surface area contributed by atoms with Crippen LogP contribution in [0.25, 0.3) is 0 Å². The molecule has 0 spiro atoms. The molecule has 2 heterocycles. The standard InChI is InChI=1S/C12H20BrN3S/c13-11-3-4-12(17-11)15-5-1-2-8-16-9-6-14-7-10-16/h3-4,14-15H,1-2,5-10H2. The van der Waals surface area contributed by atoms with Crippen molar-refractivity contribution in [3.05, 3.63) is 15.9 Å². The number of unbranched alkanes of at least 4 members (excludes halogenated alkanes) is 1. The fraction of sp³-hybridized carbons (Fsp3) is 0.667. The van der Waals surface area contributed by atoms with Gasteiger partial charge in [-0.3, -0.25) is 0 Å². The monoisotopic (exact) mass is 317 g/mol. The van der Waals surface area contributed by atoms with Crippen molar-refractivity contribution in [2.75, 3.05) is 44.6 Å². The Hall–Kier alpha value is -0.100. The van der Waals surface area contributed by atoms with Crippen molar-refractivity contribution in [1.82, 2.24) is 10.2 Å². The lowest BCUT2D eigenvalue weighted by molar-refractivity contribution is 0.237. The summed E-state index contributed by atoms with van der Waals surface area (Å²) in [6, 6.07) is 4.22. The molecule has 1 aliphatic rings. The Morgan fingerprint density at radius 3 is 2.82 bits per heavy atom. The van der Waals surface area contributed by atoms with Crippen molar-refractivity contribution in [2.24, 2.45) is 0 Å². The van der Waals surface area contributed by atoms with E-state index in [1.165, 1.54) is 41.3 Å². The van der Waals surface area contributed by atoms with Crippen LogP contribution in [0.15, 0.2) is 15.9 Å². The summed E-state index contributed by atoms with van der Waals surface area (Å²) in [4.78, 5) is 2.55. The van der Waals surface area contributed by atoms with Gasteiger partial charge in [0, 0.05) is 32.7 Å². The van der Waals surface area contributed by atoms with Gasteiger partial charge in [-0.2, -0.15) is 0 Å². The highest BCUT2D eigenvalue weighted by Crippen LogP contribution is 2.26. The smallest absolute Gasteiger partial charge is 0.0894 e. The van der Waals surface area contributed by atoms with Crippen molar-refractivity contribution < 1.29 is 0 Å². The van der Waals surface area contributed by atoms with Crippen molar-refractivity contribution in [2.45, 2.75) is 12.8 Å². The normalized spacial score (nSPS) is 17.2. The molecule has 0 atom stereocenters. The third-order valence-electron chi connectivity index (χ3n) is 2.98. The number of nitrogens with zero attached hydrogens (tertiary/aromatic N) is 1. The van der Waals surface area contributed by atoms with Crippen molar-refractivity contribution >= 4 is 32.3 Å². The maximum Gasteiger partial charge on any atom is 0.0894 e. The van der Waals surface area contributed by atoms with E-state index in [-0.39, 0.29) is 0 Å². The summed E-state index contributed by atoms with van der Waals surface area (Å²) in [6.07, 6.45) is 2.54. The molecule has 0 bridgehead atoms. The molecule has 0 saturated carbocycles. The van der Waals surface area contributed by atoms with Crippen LogP contribution in [0.1, 0.15) is 12.8 Å². The average molecular weight is 318 g/mol. The summed E-state index contributed by atoms with van der Waals surface area (Å²) in [5, 5.41) is 8.11. The SMILES string of the molecule is Brc1ccc(NCCCCN2CCNCC2)s1. The molecular weight excluding hydrogens is 298 g/mol. The van der Waals surface area contributed by atoms with Gasteiger partial charge in [-0.05, 0) is 47.4 Å². The zero-order valence-corrected chi connectivity index (χ0v) is 12.4. The van der Waals surface area contributed by atoms with Crippen molar-refractivity contribution in [1.29, 1.82) is 0 Å². The average Bonchev–Trinajstić information content (AvgIpc) is 2.76. The number of hydrogen-bond acceptors (Lipinski definition) is 4. The molecule has 1 saturated heterocycles. The summed E-state index contributed by atoms with van der Waals surface area (Å²) >= 11 is 5.23. The first-order chi connectivity index (χ1) is 8.34. The molecule has 1 aliphatic heterocycles. The molecule has 0 aromatic carbocycles. The fourth-order valence-corrected chi connectivity index (χ4v) is 3.33. The summed E-state index contributed by atoms with van der Waals surface area (Å²) in [7, 11) is 0. The highest BCUT2D eigenvalue weighted by Gasteiger charge is 2.07. The lowest BCUT2D eigenvalue weighted by atomic mass is 10.2. The van der Waals surface area contributed by atoms with Crippen LogP contribution in [0, 0.1) is 0 Å². The molecule has 1 aromatic rings. The van der Waals surface area contributed by atoms with Crippen LogP contribution in [0.4, 0.5) is 5.00 Å². The zero-order chi connectivity index (χ0) is 11.9. The molecule has 0 radical (unpaired) electrons. The first kappa shape index (κ1) is 13.3. The van der Waals surface area contributed by atoms with E-state index in [0.29, 0.717) is 0 Å². The van der Waals surface area contributed by atoms with E-state index in [2.05, 4.69) is 43.6 Å². The Kier molecular flexibility index (Phi) is 5.77. The fourth-order valence-electron chi connectivity index (χ4n) is 2.02. The molecule has 17 heavy (non-hydrogen) atoms. The van der Waals surface area contributed by atoms with Crippen LogP contribution >= 0.6 is 27.3 Å². The van der Waals surface area contributed by atoms with Crippen LogP contribution < -0.4 is 10.6 Å². The van der Waals surface area contributed by atoms with Crippen LogP contribution in [0.2, 0.25) is 0 Å². The second-order valence-corrected chi connectivity index (χ2v) is 6.79. The number of piperazine rings is 1. The van der Waals surface area contributed by atoms with Gasteiger partial charge in [0.25, 0.3) is 0 Å². The van der Waals surface area contributed by atoms with Crippen LogP contribution in [0.3, 0.4) is 0 Å². The molecule has 3 nitrogen and oxygen atoms in total. The lowest BCUT2D eigenvalue weighted by Gasteiger charge is -2.27. The Morgan fingerprint density at radius 2 is 2.12 bits per heavy atom. The van der Waals surface area contributed by atoms with Gasteiger partial charge in [0.2, 0.25) is 0 Å². The molecule has 0 amide bonds. The van der Waals surface area contributed by atoms with Gasteiger partial charge < -0.3 is 15.5 Å². The summed E-state index contributed by atoms with van der Waals surface area (Å²) < 4.78 is 1.20. The minimum Gasteiger partial charge on any atom is -0.377 e. The van der Waals surface area contributed by atoms with Gasteiger partial charge in [-0.1, -0.05) is 0 Å². The summed E-state index contributed by atoms with van der Waals surface area (Å²) in [5.41, 5.74) is 0. The lowest BCUT2D eigenvalue weighted by Crippen LogP contribution is -2.43. The molecule has 5 heteroatoms. The minimum absolute atomic E-state index is 1.08. The predicted octanol–water partition coefficient (Wildman–Crippen LogP) is 2.61. The molecule has 2 rings (SSSR count). The topological polar surface area (TPSA) is 27.3 Å². The quantitative estimate of drug-likeness (QED) is 0.790. The van der Waals surface area contributed by atoms with Gasteiger partial charge >= 0.3 is 0 Å². The van der Waals surface area contributed by atoms with E-state index >= 15 is 0 Å². The van der Waals surface area contributed by atoms with Gasteiger partial charge in [0.15, 0.2) is 0 Å². The second kappa shape index (κ2) is 7.36. The number of nitrogens with one attached hydrogen (secondary N) is 2. The second-order valence-electron chi connectivity index (χ2n) is 4.33. The highest BCUT2D eigenvalue weighted by molar-refractivity contribution is 9.11. The Balaban J connectivity index is 1.51. The highest BCUT2D eigenvalue weighted by atomic mass is 79.9. The predicted molar refractivity (Wildman–Crippen MR) is 79.1 cm³/mol. The molecule has 0 unspecified atom stereocenters. The van der Waals surface area contributed by atoms with Crippen molar-refractivity contribution in [3.8, 4) is 0 Å². The Morgan fingerprint density at radius 1 is 1.29 bits per heavy atom. The molecular formula is C12H20BrN3S. The number of rotatable bonds is 6. The molecule has 2 N–H and O–H groups in total. The van der Waals surface area contributed by atoms with E-state index in [1.54, 1.807) is 11.3 Å². The third-order valence-corrected chi connectivity index (χ3v) is 4.56. The van der Waals surface area contributed by atoms with Gasteiger partial charge in [-0.25, -0.2) is 0 Å². The zero-order valence-electron chi connectivity index (χ0n) is 10.0. The summed E-state index contributed by atoms with van der Waals surface area (Å²) in [5.74, 6) is 0. The van der Waals surface area contributed by atoms with Crippen LogP contribution in [0.5, 0.6) is 0 Å². The maximum absolute atomic E-state index is 3.47. The first-order valence-electron chi connectivity index (χ1n) is 6.27. The number of thiophene rings is 1. The maximum atomic E-state index is 3.47. The van der Waals surface area contributed by atoms with E-state index in [1.807, 2.05) is 0 Å². The molecule has 96 valence electrons. The minimum atomic E-state index is 1.08. The van der Waals surface area contributed by atoms with E-state index in [0.717, 1.165) is 19.6 Å². The number of hydrogen-bond donors (Lipinski definition) is 2. The third kappa shape index (κ3) is 4.95. The van der Waals surface area contributed by atoms with Crippen LogP contribution in [-0.2, 0) is 0 Å². The van der Waals surface area contributed by atoms with E-state index in [4.69, 9.17) is 0 Å². The van der Waals surface area contributed by atoms with Gasteiger partial charge in [0.05, 0.1) is 8.79 Å². The summed E-state index contributed by atoms with van der Waals surface area (Å²) in [6.45, 7) is 7.07. The first-order valence-corrected chi connectivity index (χ1v) is 7.88. The van der Waals surface area contributed by atoms with E-state index < -0.39 is 0 Å². The number of halogens is 1. The van der Waals surface area contributed by atoms with E-state index in [9.17, 15) is 0 Å². The van der Waals surface area contributed by atoms with Crippen LogP contribution in [-0.4, -0.2) is 44.2 Å². The molecule has 0 aliphatic carbocycles. The molecule has 1 aromatic heterocycles. The van der Waals surface area contributed by atoms with Gasteiger partial charge in [-0.15, -0.1) is 11.3 Å². The van der Waals surface area contributed by atoms with Gasteiger partial charge in [0.1, 0.15) is 0 Å². The Labute approximate surface area is 116 Å². The Bertz CT molecular complexity index is 323. The largest absolute Gasteiger partial charge is 0.377 e. The van der Waals surface area contributed by atoms with Crippen molar-refractivity contribution in [3.63, 3.8) is 0 Å². The molecule has 1 fully saturated rings.